The molecular weight excluding hydrogens is 236 g/mol. The summed E-state index contributed by atoms with van der Waals surface area (Å²) >= 11 is 0. The third kappa shape index (κ3) is 1.83. The minimum atomic E-state index is 0.479. The van der Waals surface area contributed by atoms with Gasteiger partial charge in [-0.25, -0.2) is 4.98 Å². The molecule has 106 valence electrons. The van der Waals surface area contributed by atoms with Crippen LogP contribution in [-0.4, -0.2) is 20.8 Å². The van der Waals surface area contributed by atoms with E-state index in [2.05, 4.69) is 36.2 Å². The first-order chi connectivity index (χ1) is 8.96. The molecule has 1 heterocycles. The van der Waals surface area contributed by atoms with Crippen molar-refractivity contribution in [2.45, 2.75) is 59.0 Å². The minimum absolute atomic E-state index is 0.479. The highest BCUT2D eigenvalue weighted by Gasteiger charge is 2.60. The summed E-state index contributed by atoms with van der Waals surface area (Å²) in [6, 6.07) is 0.541. The Morgan fingerprint density at radius 3 is 2.58 bits per heavy atom. The highest BCUT2D eigenvalue weighted by atomic mass is 15.3. The van der Waals surface area contributed by atoms with Gasteiger partial charge in [-0.3, -0.25) is 4.68 Å². The van der Waals surface area contributed by atoms with Crippen LogP contribution in [0.1, 0.15) is 52.3 Å². The Labute approximate surface area is 116 Å². The monoisotopic (exact) mass is 262 g/mol. The fourth-order valence-electron chi connectivity index (χ4n) is 4.80. The zero-order valence-corrected chi connectivity index (χ0v) is 12.6. The van der Waals surface area contributed by atoms with E-state index >= 15 is 0 Å². The third-order valence-corrected chi connectivity index (χ3v) is 6.22. The van der Waals surface area contributed by atoms with Gasteiger partial charge in [0.2, 0.25) is 0 Å². The summed E-state index contributed by atoms with van der Waals surface area (Å²) in [5, 5.41) is 8.04. The topological polar surface area (TPSA) is 42.7 Å². The SMILES string of the molecule is CC(NCc1ncn(C)n1)C12CCC(CC1)C2(C)C. The smallest absolute Gasteiger partial charge is 0.164 e. The van der Waals surface area contributed by atoms with Crippen molar-refractivity contribution in [3.8, 4) is 0 Å². The summed E-state index contributed by atoms with van der Waals surface area (Å²) in [6.45, 7) is 8.10. The van der Waals surface area contributed by atoms with E-state index in [-0.39, 0.29) is 0 Å². The van der Waals surface area contributed by atoms with Crippen LogP contribution in [0.5, 0.6) is 0 Å². The molecule has 2 aliphatic rings. The predicted octanol–water partition coefficient (Wildman–Crippen LogP) is 2.51. The molecule has 2 aliphatic carbocycles. The molecule has 0 amide bonds. The highest BCUT2D eigenvalue weighted by Crippen LogP contribution is 2.67. The van der Waals surface area contributed by atoms with Gasteiger partial charge in [0.25, 0.3) is 0 Å². The summed E-state index contributed by atoms with van der Waals surface area (Å²) in [6.07, 6.45) is 7.37. The lowest BCUT2D eigenvalue weighted by Gasteiger charge is -2.43. The number of rotatable bonds is 4. The Balaban J connectivity index is 1.69. The Bertz CT molecular complexity index is 454. The molecule has 2 bridgehead atoms. The van der Waals surface area contributed by atoms with Gasteiger partial charge in [-0.15, -0.1) is 0 Å². The van der Waals surface area contributed by atoms with Crippen molar-refractivity contribution >= 4 is 0 Å². The predicted molar refractivity (Wildman–Crippen MR) is 75.5 cm³/mol. The van der Waals surface area contributed by atoms with Crippen LogP contribution in [-0.2, 0) is 13.6 Å². The number of nitrogens with one attached hydrogen (secondary N) is 1. The molecule has 2 fully saturated rings. The van der Waals surface area contributed by atoms with Crippen LogP contribution in [0.15, 0.2) is 6.33 Å². The number of fused-ring (bicyclic) bond motifs is 2. The lowest BCUT2D eigenvalue weighted by molar-refractivity contribution is 0.0812. The number of aromatic nitrogens is 3. The molecular formula is C15H26N4. The lowest BCUT2D eigenvalue weighted by atomic mass is 9.65. The van der Waals surface area contributed by atoms with Gasteiger partial charge < -0.3 is 5.32 Å². The van der Waals surface area contributed by atoms with Gasteiger partial charge in [-0.2, -0.15) is 5.10 Å². The summed E-state index contributed by atoms with van der Waals surface area (Å²) in [5.41, 5.74) is 0.962. The van der Waals surface area contributed by atoms with E-state index in [9.17, 15) is 0 Å². The maximum Gasteiger partial charge on any atom is 0.164 e. The maximum atomic E-state index is 4.35. The molecule has 0 radical (unpaired) electrons. The minimum Gasteiger partial charge on any atom is -0.307 e. The first-order valence-electron chi connectivity index (χ1n) is 7.53. The second kappa shape index (κ2) is 4.30. The highest BCUT2D eigenvalue weighted by molar-refractivity contribution is 5.11. The van der Waals surface area contributed by atoms with Crippen LogP contribution in [0.3, 0.4) is 0 Å². The van der Waals surface area contributed by atoms with Gasteiger partial charge in [0, 0.05) is 13.1 Å². The number of hydrogen-bond donors (Lipinski definition) is 1. The summed E-state index contributed by atoms with van der Waals surface area (Å²) in [4.78, 5) is 4.30. The number of nitrogens with zero attached hydrogens (tertiary/aromatic N) is 3. The summed E-state index contributed by atoms with van der Waals surface area (Å²) < 4.78 is 1.77. The largest absolute Gasteiger partial charge is 0.307 e. The number of aryl methyl sites for hydroxylation is 1. The van der Waals surface area contributed by atoms with Crippen LogP contribution in [0.25, 0.3) is 0 Å². The van der Waals surface area contributed by atoms with Gasteiger partial charge in [-0.05, 0) is 49.4 Å². The van der Waals surface area contributed by atoms with Crippen LogP contribution in [0, 0.1) is 16.7 Å². The zero-order chi connectivity index (χ0) is 13.7. The van der Waals surface area contributed by atoms with E-state index in [1.807, 2.05) is 7.05 Å². The second-order valence-electron chi connectivity index (χ2n) is 7.09. The van der Waals surface area contributed by atoms with Crippen LogP contribution < -0.4 is 5.32 Å². The third-order valence-electron chi connectivity index (χ3n) is 6.22. The average molecular weight is 262 g/mol. The molecule has 3 rings (SSSR count). The quantitative estimate of drug-likeness (QED) is 0.906. The molecule has 0 spiro atoms. The summed E-state index contributed by atoms with van der Waals surface area (Å²) in [5.74, 6) is 1.83. The van der Waals surface area contributed by atoms with Gasteiger partial charge in [0.05, 0.1) is 6.54 Å². The van der Waals surface area contributed by atoms with Crippen molar-refractivity contribution in [3.05, 3.63) is 12.2 Å². The van der Waals surface area contributed by atoms with Crippen molar-refractivity contribution in [2.75, 3.05) is 0 Å². The maximum absolute atomic E-state index is 4.35. The molecule has 0 aromatic carbocycles. The average Bonchev–Trinajstić information content (AvgIpc) is 2.98. The van der Waals surface area contributed by atoms with Crippen molar-refractivity contribution < 1.29 is 0 Å². The number of hydrogen-bond acceptors (Lipinski definition) is 3. The van der Waals surface area contributed by atoms with Crippen LogP contribution in [0.4, 0.5) is 0 Å². The van der Waals surface area contributed by atoms with Gasteiger partial charge in [0.15, 0.2) is 5.82 Å². The van der Waals surface area contributed by atoms with E-state index in [1.54, 1.807) is 11.0 Å². The van der Waals surface area contributed by atoms with Crippen molar-refractivity contribution in [2.24, 2.45) is 23.8 Å². The van der Waals surface area contributed by atoms with Crippen LogP contribution >= 0.6 is 0 Å². The fraction of sp³-hybridized carbons (Fsp3) is 0.867. The molecule has 0 aliphatic heterocycles. The first-order valence-corrected chi connectivity index (χ1v) is 7.53. The van der Waals surface area contributed by atoms with E-state index in [0.717, 1.165) is 18.3 Å². The Morgan fingerprint density at radius 1 is 1.42 bits per heavy atom. The molecule has 1 aromatic rings. The lowest BCUT2D eigenvalue weighted by Crippen LogP contribution is -2.47. The molecule has 19 heavy (non-hydrogen) atoms. The summed E-state index contributed by atoms with van der Waals surface area (Å²) in [7, 11) is 1.92. The Hall–Kier alpha value is -0.900. The molecule has 0 saturated heterocycles. The van der Waals surface area contributed by atoms with Gasteiger partial charge in [0.1, 0.15) is 6.33 Å². The van der Waals surface area contributed by atoms with E-state index in [1.165, 1.54) is 25.7 Å². The Morgan fingerprint density at radius 2 is 2.11 bits per heavy atom. The van der Waals surface area contributed by atoms with E-state index in [0.29, 0.717) is 16.9 Å². The standard InChI is InChI=1S/C15H26N4/c1-11(16-9-13-17-10-19(4)18-13)15-7-5-12(6-8-15)14(15,2)3/h10-12,16H,5-9H2,1-4H3. The van der Waals surface area contributed by atoms with Crippen molar-refractivity contribution in [3.63, 3.8) is 0 Å². The fourth-order valence-corrected chi connectivity index (χ4v) is 4.80. The first kappa shape index (κ1) is 13.1. The Kier molecular flexibility index (Phi) is 2.97. The second-order valence-corrected chi connectivity index (χ2v) is 7.09. The van der Waals surface area contributed by atoms with E-state index in [4.69, 9.17) is 0 Å². The normalized spacial score (nSPS) is 33.8. The van der Waals surface area contributed by atoms with Gasteiger partial charge in [-0.1, -0.05) is 13.8 Å². The molecule has 1 aromatic heterocycles. The van der Waals surface area contributed by atoms with Gasteiger partial charge >= 0.3 is 0 Å². The molecule has 2 saturated carbocycles. The van der Waals surface area contributed by atoms with Crippen LogP contribution in [0.2, 0.25) is 0 Å². The molecule has 1 N–H and O–H groups in total. The van der Waals surface area contributed by atoms with E-state index < -0.39 is 0 Å². The molecule has 4 heteroatoms. The molecule has 4 nitrogen and oxygen atoms in total. The van der Waals surface area contributed by atoms with Crippen molar-refractivity contribution in [1.29, 1.82) is 0 Å². The zero-order valence-electron chi connectivity index (χ0n) is 12.6. The van der Waals surface area contributed by atoms with Crippen molar-refractivity contribution in [1.82, 2.24) is 20.1 Å². The molecule has 1 atom stereocenters. The molecule has 1 unspecified atom stereocenters.